The zero-order valence-corrected chi connectivity index (χ0v) is 22.5. The molecule has 0 aliphatic carbocycles. The molecular weight excluding hydrogens is 539 g/mol. The predicted molar refractivity (Wildman–Crippen MR) is 140 cm³/mol. The van der Waals surface area contributed by atoms with Gasteiger partial charge in [0.15, 0.2) is 5.16 Å². The van der Waals surface area contributed by atoms with Crippen LogP contribution in [0.1, 0.15) is 35.7 Å². The van der Waals surface area contributed by atoms with Gasteiger partial charge in [-0.1, -0.05) is 41.6 Å². The van der Waals surface area contributed by atoms with Crippen LogP contribution in [0.2, 0.25) is 5.02 Å². The maximum Gasteiger partial charge on any atom is 0.343 e. The molecule has 2 N–H and O–H groups in total. The third kappa shape index (κ3) is 6.30. The molecule has 1 aromatic heterocycles. The SMILES string of the molecule is CCOC(=O)C1=C(CSc2ncc(C(=O)OCC)c(N)n2)N=C(CF)C(C(=O)OC)C1c1ccccc1Cl. The number of nitrogens with zero attached hydrogens (tertiary/aromatic N) is 3. The van der Waals surface area contributed by atoms with Crippen molar-refractivity contribution < 1.29 is 33.0 Å². The number of hydrogen-bond donors (Lipinski definition) is 1. The lowest BCUT2D eigenvalue weighted by Crippen LogP contribution is -2.38. The molecule has 0 fully saturated rings. The fraction of sp³-hybridized carbons (Fsp3) is 0.360. The number of nitrogens with two attached hydrogens (primary N) is 1. The fourth-order valence-electron chi connectivity index (χ4n) is 3.93. The Labute approximate surface area is 227 Å². The molecule has 10 nitrogen and oxygen atoms in total. The monoisotopic (exact) mass is 564 g/mol. The second kappa shape index (κ2) is 13.3. The first-order valence-electron chi connectivity index (χ1n) is 11.5. The second-order valence-corrected chi connectivity index (χ2v) is 9.13. The fourth-order valence-corrected chi connectivity index (χ4v) is 4.96. The highest BCUT2D eigenvalue weighted by molar-refractivity contribution is 7.99. The zero-order valence-electron chi connectivity index (χ0n) is 20.9. The number of halogens is 2. The minimum absolute atomic E-state index is 0.00924. The lowest BCUT2D eigenvalue weighted by atomic mass is 9.75. The number of esters is 3. The van der Waals surface area contributed by atoms with E-state index < -0.39 is 36.4 Å². The van der Waals surface area contributed by atoms with Crippen LogP contribution in [-0.4, -0.2) is 66.3 Å². The maximum atomic E-state index is 14.3. The van der Waals surface area contributed by atoms with Crippen LogP contribution >= 0.6 is 23.4 Å². The van der Waals surface area contributed by atoms with Gasteiger partial charge in [-0.05, 0) is 25.5 Å². The molecule has 2 unspecified atom stereocenters. The first-order chi connectivity index (χ1) is 18.3. The topological polar surface area (TPSA) is 143 Å². The standard InChI is InChI=1S/C25H26ClFN4O6S/c1-4-36-22(32)14-11-29-25(31-21(14)28)38-12-17-20(24(34)37-5-2)18(13-8-6-7-9-15(13)26)19(23(33)35-3)16(10-27)30-17/h6-9,11,18-19H,4-5,10,12H2,1-3H3,(H2,28,29,31). The summed E-state index contributed by atoms with van der Waals surface area (Å²) in [7, 11) is 1.17. The summed E-state index contributed by atoms with van der Waals surface area (Å²) in [6, 6.07) is 6.63. The Hall–Kier alpha value is -3.51. The molecular formula is C25H26ClFN4O6S. The molecule has 1 aliphatic heterocycles. The lowest BCUT2D eigenvalue weighted by molar-refractivity contribution is -0.144. The molecule has 3 rings (SSSR count). The Bertz CT molecular complexity index is 1290. The van der Waals surface area contributed by atoms with Crippen LogP contribution in [0.5, 0.6) is 0 Å². The van der Waals surface area contributed by atoms with Crippen LogP contribution in [0.15, 0.2) is 51.9 Å². The molecule has 0 radical (unpaired) electrons. The van der Waals surface area contributed by atoms with E-state index in [0.29, 0.717) is 5.56 Å². The number of ether oxygens (including phenoxy) is 3. The summed E-state index contributed by atoms with van der Waals surface area (Å²) in [5, 5.41) is 0.443. The van der Waals surface area contributed by atoms with E-state index in [4.69, 9.17) is 31.5 Å². The summed E-state index contributed by atoms with van der Waals surface area (Å²) < 4.78 is 29.4. The number of anilines is 1. The molecule has 0 bridgehead atoms. The van der Waals surface area contributed by atoms with E-state index in [-0.39, 0.29) is 57.5 Å². The van der Waals surface area contributed by atoms with Crippen molar-refractivity contribution in [2.45, 2.75) is 24.9 Å². The van der Waals surface area contributed by atoms with Crippen molar-refractivity contribution in [1.29, 1.82) is 0 Å². The van der Waals surface area contributed by atoms with Crippen LogP contribution in [0.4, 0.5) is 10.2 Å². The van der Waals surface area contributed by atoms with Crippen LogP contribution in [-0.2, 0) is 23.8 Å². The van der Waals surface area contributed by atoms with Crippen molar-refractivity contribution in [3.8, 4) is 0 Å². The number of alkyl halides is 1. The summed E-state index contributed by atoms with van der Waals surface area (Å²) >= 11 is 7.52. The molecule has 2 atom stereocenters. The number of carbonyl (C=O) groups excluding carboxylic acids is 3. The van der Waals surface area contributed by atoms with Gasteiger partial charge < -0.3 is 19.9 Å². The average molecular weight is 565 g/mol. The van der Waals surface area contributed by atoms with Gasteiger partial charge in [-0.3, -0.25) is 9.79 Å². The summed E-state index contributed by atoms with van der Waals surface area (Å²) in [6.45, 7) is 2.44. The van der Waals surface area contributed by atoms with Gasteiger partial charge in [0.2, 0.25) is 0 Å². The molecule has 13 heteroatoms. The highest BCUT2D eigenvalue weighted by Gasteiger charge is 2.45. The number of aromatic nitrogens is 2. The molecule has 0 saturated heterocycles. The molecule has 2 aromatic rings. The van der Waals surface area contributed by atoms with Crippen molar-refractivity contribution in [3.05, 3.63) is 57.9 Å². The number of carbonyl (C=O) groups is 3. The van der Waals surface area contributed by atoms with Gasteiger partial charge in [-0.25, -0.2) is 23.9 Å². The molecule has 38 heavy (non-hydrogen) atoms. The van der Waals surface area contributed by atoms with E-state index >= 15 is 0 Å². The van der Waals surface area contributed by atoms with Crippen LogP contribution in [0.3, 0.4) is 0 Å². The lowest BCUT2D eigenvalue weighted by Gasteiger charge is -2.32. The molecule has 0 spiro atoms. The van der Waals surface area contributed by atoms with E-state index in [2.05, 4.69) is 15.0 Å². The number of aliphatic imine (C=N–C) groups is 1. The number of hydrogen-bond acceptors (Lipinski definition) is 11. The Morgan fingerprint density at radius 3 is 2.42 bits per heavy atom. The molecule has 0 saturated carbocycles. The normalized spacial score (nSPS) is 17.0. The van der Waals surface area contributed by atoms with Gasteiger partial charge in [-0.15, -0.1) is 0 Å². The number of nitrogen functional groups attached to an aromatic ring is 1. The smallest absolute Gasteiger partial charge is 0.343 e. The van der Waals surface area contributed by atoms with Gasteiger partial charge in [-0.2, -0.15) is 0 Å². The summed E-state index contributed by atoms with van der Waals surface area (Å²) in [6.07, 6.45) is 1.24. The van der Waals surface area contributed by atoms with E-state index in [1.54, 1.807) is 38.1 Å². The third-order valence-corrected chi connectivity index (χ3v) is 6.77. The summed E-state index contributed by atoms with van der Waals surface area (Å²) in [5.74, 6) is -4.52. The van der Waals surface area contributed by atoms with Gasteiger partial charge in [0.25, 0.3) is 0 Å². The molecule has 2 heterocycles. The third-order valence-electron chi connectivity index (χ3n) is 5.55. The van der Waals surface area contributed by atoms with Crippen LogP contribution in [0.25, 0.3) is 0 Å². The van der Waals surface area contributed by atoms with E-state index in [1.807, 2.05) is 0 Å². The number of thioether (sulfide) groups is 1. The van der Waals surface area contributed by atoms with Crippen LogP contribution in [0, 0.1) is 5.92 Å². The van der Waals surface area contributed by atoms with Gasteiger partial charge in [0.1, 0.15) is 24.0 Å². The Kier molecular flexibility index (Phi) is 10.2. The van der Waals surface area contributed by atoms with Crippen molar-refractivity contribution >= 4 is 52.8 Å². The molecule has 202 valence electrons. The van der Waals surface area contributed by atoms with Crippen LogP contribution < -0.4 is 5.73 Å². The van der Waals surface area contributed by atoms with Crippen molar-refractivity contribution in [3.63, 3.8) is 0 Å². The summed E-state index contributed by atoms with van der Waals surface area (Å²) in [4.78, 5) is 50.7. The zero-order chi connectivity index (χ0) is 27.8. The van der Waals surface area contributed by atoms with Crippen molar-refractivity contribution in [2.24, 2.45) is 10.9 Å². The average Bonchev–Trinajstić information content (AvgIpc) is 2.91. The first kappa shape index (κ1) is 29.1. The van der Waals surface area contributed by atoms with E-state index in [0.717, 1.165) is 11.8 Å². The second-order valence-electron chi connectivity index (χ2n) is 7.78. The largest absolute Gasteiger partial charge is 0.468 e. The maximum absolute atomic E-state index is 14.3. The Balaban J connectivity index is 2.10. The minimum Gasteiger partial charge on any atom is -0.468 e. The molecule has 1 aromatic carbocycles. The predicted octanol–water partition coefficient (Wildman–Crippen LogP) is 3.80. The number of benzene rings is 1. The van der Waals surface area contributed by atoms with Crippen molar-refractivity contribution in [1.82, 2.24) is 9.97 Å². The van der Waals surface area contributed by atoms with Gasteiger partial charge >= 0.3 is 17.9 Å². The molecule has 1 aliphatic rings. The number of methoxy groups -OCH3 is 1. The van der Waals surface area contributed by atoms with E-state index in [1.165, 1.54) is 13.3 Å². The Morgan fingerprint density at radius 1 is 1.13 bits per heavy atom. The molecule has 0 amide bonds. The highest BCUT2D eigenvalue weighted by Crippen LogP contribution is 2.43. The van der Waals surface area contributed by atoms with Gasteiger partial charge in [0.05, 0.1) is 37.3 Å². The van der Waals surface area contributed by atoms with Gasteiger partial charge in [0, 0.05) is 22.9 Å². The summed E-state index contributed by atoms with van der Waals surface area (Å²) in [5.41, 5.74) is 6.40. The Morgan fingerprint density at radius 2 is 1.82 bits per heavy atom. The number of rotatable bonds is 10. The quantitative estimate of drug-likeness (QED) is 0.196. The minimum atomic E-state index is -1.24. The van der Waals surface area contributed by atoms with E-state index in [9.17, 15) is 18.8 Å². The highest BCUT2D eigenvalue weighted by atomic mass is 35.5. The first-order valence-corrected chi connectivity index (χ1v) is 12.9. The van der Waals surface area contributed by atoms with Crippen molar-refractivity contribution in [2.75, 3.05) is 38.5 Å².